The monoisotopic (exact) mass is 281 g/mol. The van der Waals surface area contributed by atoms with E-state index in [1.54, 1.807) is 49.5 Å². The molecular formula is C16H15N3O2. The summed E-state index contributed by atoms with van der Waals surface area (Å²) in [6.07, 6.45) is 0. The van der Waals surface area contributed by atoms with Crippen LogP contribution in [0.15, 0.2) is 42.5 Å². The molecule has 0 aliphatic heterocycles. The Morgan fingerprint density at radius 3 is 2.48 bits per heavy atom. The minimum absolute atomic E-state index is 0.269. The predicted octanol–water partition coefficient (Wildman–Crippen LogP) is 2.43. The summed E-state index contributed by atoms with van der Waals surface area (Å²) in [5.74, 6) is 0.162. The number of nitrogens with two attached hydrogens (primary N) is 1. The quantitative estimate of drug-likeness (QED) is 0.876. The Morgan fingerprint density at radius 1 is 1.24 bits per heavy atom. The van der Waals surface area contributed by atoms with Crippen molar-refractivity contribution in [2.24, 2.45) is 0 Å². The minimum atomic E-state index is -0.269. The number of hydrogen-bond donors (Lipinski definition) is 1. The zero-order chi connectivity index (χ0) is 15.4. The van der Waals surface area contributed by atoms with E-state index in [0.717, 1.165) is 0 Å². The van der Waals surface area contributed by atoms with Crippen molar-refractivity contribution in [3.8, 4) is 11.8 Å². The maximum absolute atomic E-state index is 12.6. The van der Waals surface area contributed by atoms with E-state index < -0.39 is 0 Å². The summed E-state index contributed by atoms with van der Waals surface area (Å²) in [6, 6.07) is 13.8. The topological polar surface area (TPSA) is 79.3 Å². The zero-order valence-electron chi connectivity index (χ0n) is 11.8. The number of nitrogens with zero attached hydrogens (tertiary/aromatic N) is 2. The molecule has 1 amide bonds. The van der Waals surface area contributed by atoms with Crippen molar-refractivity contribution < 1.29 is 9.53 Å². The Morgan fingerprint density at radius 2 is 1.90 bits per heavy atom. The lowest BCUT2D eigenvalue weighted by molar-refractivity contribution is 0.0991. The fourth-order valence-electron chi connectivity index (χ4n) is 1.99. The van der Waals surface area contributed by atoms with Crippen LogP contribution in [0.5, 0.6) is 5.75 Å². The van der Waals surface area contributed by atoms with Gasteiger partial charge < -0.3 is 15.4 Å². The van der Waals surface area contributed by atoms with Crippen LogP contribution in [0.4, 0.5) is 11.4 Å². The molecule has 0 aliphatic rings. The Labute approximate surface area is 123 Å². The number of carbonyl (C=O) groups excluding carboxylic acids is 1. The number of hydrogen-bond acceptors (Lipinski definition) is 4. The zero-order valence-corrected chi connectivity index (χ0v) is 11.8. The van der Waals surface area contributed by atoms with Crippen molar-refractivity contribution >= 4 is 17.3 Å². The van der Waals surface area contributed by atoms with E-state index in [4.69, 9.17) is 15.7 Å². The highest BCUT2D eigenvalue weighted by molar-refractivity contribution is 6.10. The SMILES string of the molecule is COc1cccc(N)c1C(=O)N(C)c1ccc(C#N)cc1. The highest BCUT2D eigenvalue weighted by Crippen LogP contribution is 2.27. The van der Waals surface area contributed by atoms with Crippen molar-refractivity contribution in [2.75, 3.05) is 24.8 Å². The number of methoxy groups -OCH3 is 1. The van der Waals surface area contributed by atoms with E-state index in [0.29, 0.717) is 28.3 Å². The molecule has 0 bridgehead atoms. The number of ether oxygens (including phenoxy) is 1. The van der Waals surface area contributed by atoms with Crippen LogP contribution in [-0.4, -0.2) is 20.1 Å². The molecule has 5 nitrogen and oxygen atoms in total. The smallest absolute Gasteiger partial charge is 0.263 e. The van der Waals surface area contributed by atoms with Gasteiger partial charge in [0.15, 0.2) is 0 Å². The standard InChI is InChI=1S/C16H15N3O2/c1-19(12-8-6-11(10-17)7-9-12)16(20)15-13(18)4-3-5-14(15)21-2/h3-9H,18H2,1-2H3. The number of amides is 1. The third kappa shape index (κ3) is 2.79. The summed E-state index contributed by atoms with van der Waals surface area (Å²) in [7, 11) is 3.14. The third-order valence-corrected chi connectivity index (χ3v) is 3.18. The van der Waals surface area contributed by atoms with E-state index in [1.807, 2.05) is 6.07 Å². The minimum Gasteiger partial charge on any atom is -0.496 e. The van der Waals surface area contributed by atoms with Crippen LogP contribution in [0.2, 0.25) is 0 Å². The molecule has 0 spiro atoms. The van der Waals surface area contributed by atoms with E-state index >= 15 is 0 Å². The maximum atomic E-state index is 12.6. The van der Waals surface area contributed by atoms with Gasteiger partial charge in [-0.05, 0) is 36.4 Å². The van der Waals surface area contributed by atoms with E-state index in [1.165, 1.54) is 12.0 Å². The molecule has 0 aliphatic carbocycles. The van der Waals surface area contributed by atoms with Crippen molar-refractivity contribution in [1.82, 2.24) is 0 Å². The summed E-state index contributed by atoms with van der Waals surface area (Å²) in [4.78, 5) is 14.1. The highest BCUT2D eigenvalue weighted by atomic mass is 16.5. The van der Waals surface area contributed by atoms with Gasteiger partial charge in [-0.1, -0.05) is 6.07 Å². The Hall–Kier alpha value is -3.00. The van der Waals surface area contributed by atoms with Crippen molar-refractivity contribution in [3.63, 3.8) is 0 Å². The second-order valence-electron chi connectivity index (χ2n) is 4.45. The molecule has 0 saturated carbocycles. The maximum Gasteiger partial charge on any atom is 0.263 e. The number of nitrogen functional groups attached to an aromatic ring is 1. The van der Waals surface area contributed by atoms with Gasteiger partial charge in [-0.15, -0.1) is 0 Å². The summed E-state index contributed by atoms with van der Waals surface area (Å²) in [6.45, 7) is 0. The molecule has 2 aromatic rings. The summed E-state index contributed by atoms with van der Waals surface area (Å²) < 4.78 is 5.20. The van der Waals surface area contributed by atoms with Gasteiger partial charge in [-0.2, -0.15) is 5.26 Å². The van der Waals surface area contributed by atoms with E-state index in [2.05, 4.69) is 0 Å². The van der Waals surface area contributed by atoms with Crippen LogP contribution in [0.25, 0.3) is 0 Å². The first-order valence-corrected chi connectivity index (χ1v) is 6.29. The first-order chi connectivity index (χ1) is 10.1. The molecular weight excluding hydrogens is 266 g/mol. The molecule has 0 saturated heterocycles. The van der Waals surface area contributed by atoms with Gasteiger partial charge in [0, 0.05) is 18.4 Å². The lowest BCUT2D eigenvalue weighted by Gasteiger charge is -2.20. The number of anilines is 2. The van der Waals surface area contributed by atoms with Crippen LogP contribution < -0.4 is 15.4 Å². The molecule has 2 rings (SSSR count). The largest absolute Gasteiger partial charge is 0.496 e. The van der Waals surface area contributed by atoms with Crippen LogP contribution in [0.3, 0.4) is 0 Å². The van der Waals surface area contributed by atoms with Crippen molar-refractivity contribution in [1.29, 1.82) is 5.26 Å². The van der Waals surface area contributed by atoms with Crippen LogP contribution >= 0.6 is 0 Å². The molecule has 0 radical (unpaired) electrons. The van der Waals surface area contributed by atoms with Crippen LogP contribution in [0, 0.1) is 11.3 Å². The number of rotatable bonds is 3. The summed E-state index contributed by atoms with van der Waals surface area (Å²) in [5.41, 5.74) is 7.78. The second-order valence-corrected chi connectivity index (χ2v) is 4.45. The Kier molecular flexibility index (Phi) is 4.10. The molecule has 0 heterocycles. The molecule has 2 N–H and O–H groups in total. The number of carbonyl (C=O) groups is 1. The normalized spacial score (nSPS) is 9.76. The molecule has 2 aromatic carbocycles. The third-order valence-electron chi connectivity index (χ3n) is 3.18. The first-order valence-electron chi connectivity index (χ1n) is 6.29. The molecule has 0 unspecified atom stereocenters. The first kappa shape index (κ1) is 14.4. The van der Waals surface area contributed by atoms with Crippen LogP contribution in [0.1, 0.15) is 15.9 Å². The number of nitriles is 1. The summed E-state index contributed by atoms with van der Waals surface area (Å²) in [5, 5.41) is 8.80. The molecule has 0 aromatic heterocycles. The average Bonchev–Trinajstić information content (AvgIpc) is 2.53. The predicted molar refractivity (Wildman–Crippen MR) is 81.3 cm³/mol. The highest BCUT2D eigenvalue weighted by Gasteiger charge is 2.20. The number of benzene rings is 2. The van der Waals surface area contributed by atoms with Gasteiger partial charge in [0.05, 0.1) is 18.7 Å². The lowest BCUT2D eigenvalue weighted by Crippen LogP contribution is -2.27. The van der Waals surface area contributed by atoms with Crippen molar-refractivity contribution in [2.45, 2.75) is 0 Å². The average molecular weight is 281 g/mol. The molecule has 5 heteroatoms. The fraction of sp³-hybridized carbons (Fsp3) is 0.125. The van der Waals surface area contributed by atoms with Crippen molar-refractivity contribution in [3.05, 3.63) is 53.6 Å². The molecule has 21 heavy (non-hydrogen) atoms. The van der Waals surface area contributed by atoms with Crippen LogP contribution in [-0.2, 0) is 0 Å². The lowest BCUT2D eigenvalue weighted by atomic mass is 10.1. The van der Waals surface area contributed by atoms with Gasteiger partial charge in [0.1, 0.15) is 11.3 Å². The van der Waals surface area contributed by atoms with E-state index in [-0.39, 0.29) is 5.91 Å². The van der Waals surface area contributed by atoms with Gasteiger partial charge in [-0.25, -0.2) is 0 Å². The van der Waals surface area contributed by atoms with E-state index in [9.17, 15) is 4.79 Å². The Bertz CT molecular complexity index is 702. The van der Waals surface area contributed by atoms with Gasteiger partial charge in [-0.3, -0.25) is 4.79 Å². The second kappa shape index (κ2) is 5.97. The van der Waals surface area contributed by atoms with Gasteiger partial charge in [0.2, 0.25) is 0 Å². The summed E-state index contributed by atoms with van der Waals surface area (Å²) >= 11 is 0. The fourth-order valence-corrected chi connectivity index (χ4v) is 1.99. The van der Waals surface area contributed by atoms with Gasteiger partial charge in [0.25, 0.3) is 5.91 Å². The Balaban J connectivity index is 2.37. The molecule has 106 valence electrons. The molecule has 0 fully saturated rings. The molecule has 0 atom stereocenters. The van der Waals surface area contributed by atoms with Gasteiger partial charge >= 0.3 is 0 Å².